The molecule has 0 aliphatic heterocycles. The first kappa shape index (κ1) is 13.1. The highest BCUT2D eigenvalue weighted by Crippen LogP contribution is 2.57. The first-order valence-electron chi connectivity index (χ1n) is 7.00. The van der Waals surface area contributed by atoms with E-state index in [2.05, 4.69) is 17.2 Å². The fourth-order valence-electron chi connectivity index (χ4n) is 3.27. The Labute approximate surface area is 117 Å². The summed E-state index contributed by atoms with van der Waals surface area (Å²) in [6.07, 6.45) is 3.50. The largest absolute Gasteiger partial charge is 0.323 e. The molecule has 3 N–H and O–H groups in total. The monoisotopic (exact) mass is 272 g/mol. The third kappa shape index (κ3) is 2.41. The maximum absolute atomic E-state index is 13.9. The van der Waals surface area contributed by atoms with Gasteiger partial charge in [0.15, 0.2) is 0 Å². The minimum atomic E-state index is -0.451. The van der Waals surface area contributed by atoms with Crippen LogP contribution in [-0.2, 0) is 4.79 Å². The first-order valence-corrected chi connectivity index (χ1v) is 7.00. The van der Waals surface area contributed by atoms with Crippen LogP contribution in [0.4, 0.5) is 10.1 Å². The van der Waals surface area contributed by atoms with E-state index in [4.69, 9.17) is 5.73 Å². The van der Waals surface area contributed by atoms with Gasteiger partial charge in [-0.2, -0.15) is 0 Å². The highest BCUT2D eigenvalue weighted by atomic mass is 19.1. The van der Waals surface area contributed by atoms with Gasteiger partial charge in [0.25, 0.3) is 0 Å². The molecule has 2 saturated carbocycles. The van der Waals surface area contributed by atoms with Gasteiger partial charge in [-0.05, 0) is 42.9 Å². The molecule has 0 radical (unpaired) electrons. The van der Waals surface area contributed by atoms with E-state index >= 15 is 0 Å². The van der Waals surface area contributed by atoms with Crippen LogP contribution in [0, 0.1) is 35.4 Å². The van der Waals surface area contributed by atoms with Crippen LogP contribution in [0.5, 0.6) is 0 Å². The predicted molar refractivity (Wildman–Crippen MR) is 75.3 cm³/mol. The SMILES string of the molecule is NCC#Cc1ccc(NC(=O)C2C3CCCC32)c(F)c1. The van der Waals surface area contributed by atoms with Gasteiger partial charge < -0.3 is 11.1 Å². The maximum atomic E-state index is 13.9. The molecule has 0 saturated heterocycles. The van der Waals surface area contributed by atoms with Crippen molar-refractivity contribution in [1.29, 1.82) is 0 Å². The van der Waals surface area contributed by atoms with Gasteiger partial charge in [0.2, 0.25) is 5.91 Å². The van der Waals surface area contributed by atoms with Gasteiger partial charge in [-0.1, -0.05) is 18.3 Å². The van der Waals surface area contributed by atoms with Crippen molar-refractivity contribution in [2.45, 2.75) is 19.3 Å². The number of anilines is 1. The van der Waals surface area contributed by atoms with E-state index in [1.54, 1.807) is 12.1 Å². The Morgan fingerprint density at radius 3 is 2.80 bits per heavy atom. The highest BCUT2D eigenvalue weighted by molar-refractivity contribution is 5.95. The predicted octanol–water partition coefficient (Wildman–Crippen LogP) is 2.12. The molecule has 3 nitrogen and oxygen atoms in total. The number of fused-ring (bicyclic) bond motifs is 1. The van der Waals surface area contributed by atoms with Crippen LogP contribution in [0.1, 0.15) is 24.8 Å². The van der Waals surface area contributed by atoms with Gasteiger partial charge >= 0.3 is 0 Å². The van der Waals surface area contributed by atoms with Gasteiger partial charge in [-0.15, -0.1) is 0 Å². The third-order valence-corrected chi connectivity index (χ3v) is 4.27. The van der Waals surface area contributed by atoms with Crippen molar-refractivity contribution in [3.63, 3.8) is 0 Å². The molecular formula is C16H17FN2O. The molecule has 3 rings (SSSR count). The lowest BCUT2D eigenvalue weighted by Gasteiger charge is -2.08. The summed E-state index contributed by atoms with van der Waals surface area (Å²) in [5, 5.41) is 2.70. The van der Waals surface area contributed by atoms with Crippen LogP contribution in [0.2, 0.25) is 0 Å². The summed E-state index contributed by atoms with van der Waals surface area (Å²) >= 11 is 0. The lowest BCUT2D eigenvalue weighted by molar-refractivity contribution is -0.118. The van der Waals surface area contributed by atoms with Gasteiger partial charge in [0.1, 0.15) is 5.82 Å². The quantitative estimate of drug-likeness (QED) is 0.810. The number of halogens is 1. The summed E-state index contributed by atoms with van der Waals surface area (Å²) in [4.78, 5) is 12.1. The second-order valence-electron chi connectivity index (χ2n) is 5.47. The van der Waals surface area contributed by atoms with Crippen LogP contribution < -0.4 is 11.1 Å². The van der Waals surface area contributed by atoms with E-state index in [-0.39, 0.29) is 24.1 Å². The van der Waals surface area contributed by atoms with Gasteiger partial charge in [-0.25, -0.2) is 4.39 Å². The number of benzene rings is 1. The fraction of sp³-hybridized carbons (Fsp3) is 0.438. The van der Waals surface area contributed by atoms with E-state index in [9.17, 15) is 9.18 Å². The molecule has 0 aromatic heterocycles. The molecule has 2 aliphatic carbocycles. The van der Waals surface area contributed by atoms with Crippen LogP contribution in [0.25, 0.3) is 0 Å². The molecule has 4 heteroatoms. The smallest absolute Gasteiger partial charge is 0.228 e. The molecule has 2 unspecified atom stereocenters. The van der Waals surface area contributed by atoms with Crippen LogP contribution in [0.15, 0.2) is 18.2 Å². The second-order valence-corrected chi connectivity index (χ2v) is 5.47. The molecule has 104 valence electrons. The average Bonchev–Trinajstić information content (AvgIpc) is 2.93. The Morgan fingerprint density at radius 1 is 1.40 bits per heavy atom. The first-order chi connectivity index (χ1) is 9.70. The molecule has 0 bridgehead atoms. The van der Waals surface area contributed by atoms with E-state index < -0.39 is 5.82 Å². The summed E-state index contributed by atoms with van der Waals surface area (Å²) in [6.45, 7) is 0.241. The van der Waals surface area contributed by atoms with E-state index in [1.807, 2.05) is 0 Å². The van der Waals surface area contributed by atoms with Crippen molar-refractivity contribution in [3.8, 4) is 11.8 Å². The molecule has 2 aliphatic rings. The van der Waals surface area contributed by atoms with Gasteiger partial charge in [0.05, 0.1) is 12.2 Å². The van der Waals surface area contributed by atoms with Crippen LogP contribution in [-0.4, -0.2) is 12.5 Å². The number of nitrogens with two attached hydrogens (primary N) is 1. The van der Waals surface area contributed by atoms with Gasteiger partial charge in [0, 0.05) is 11.5 Å². The molecular weight excluding hydrogens is 255 g/mol. The maximum Gasteiger partial charge on any atom is 0.228 e. The van der Waals surface area contributed by atoms with Crippen molar-refractivity contribution in [2.75, 3.05) is 11.9 Å². The van der Waals surface area contributed by atoms with Gasteiger partial charge in [-0.3, -0.25) is 4.79 Å². The Hall–Kier alpha value is -1.86. The molecule has 1 aromatic rings. The molecule has 0 heterocycles. The zero-order valence-electron chi connectivity index (χ0n) is 11.2. The normalized spacial score (nSPS) is 26.4. The molecule has 20 heavy (non-hydrogen) atoms. The number of hydrogen-bond donors (Lipinski definition) is 2. The van der Waals surface area contributed by atoms with Crippen LogP contribution >= 0.6 is 0 Å². The highest BCUT2D eigenvalue weighted by Gasteiger charge is 2.56. The summed E-state index contributed by atoms with van der Waals surface area (Å²) in [7, 11) is 0. The zero-order chi connectivity index (χ0) is 14.1. The summed E-state index contributed by atoms with van der Waals surface area (Å²) in [5.41, 5.74) is 6.07. The minimum absolute atomic E-state index is 0.0422. The number of nitrogens with one attached hydrogen (secondary N) is 1. The molecule has 0 spiro atoms. The lowest BCUT2D eigenvalue weighted by Crippen LogP contribution is -2.17. The molecule has 1 amide bonds. The van der Waals surface area contributed by atoms with Crippen molar-refractivity contribution in [1.82, 2.24) is 0 Å². The minimum Gasteiger partial charge on any atom is -0.323 e. The number of carbonyl (C=O) groups excluding carboxylic acids is 1. The molecule has 2 atom stereocenters. The number of carbonyl (C=O) groups is 1. The molecule has 1 aromatic carbocycles. The number of amides is 1. The second kappa shape index (κ2) is 5.26. The van der Waals surface area contributed by atoms with Crippen molar-refractivity contribution in [3.05, 3.63) is 29.6 Å². The van der Waals surface area contributed by atoms with E-state index in [1.165, 1.54) is 12.5 Å². The van der Waals surface area contributed by atoms with E-state index in [0.717, 1.165) is 12.8 Å². The number of hydrogen-bond acceptors (Lipinski definition) is 2. The standard InChI is InChI=1S/C16H17FN2O/c17-13-9-10(3-2-8-18)6-7-14(13)19-16(20)15-11-4-1-5-12(11)15/h6-7,9,11-12,15H,1,4-5,8,18H2,(H,19,20). The van der Waals surface area contributed by atoms with Crippen molar-refractivity contribution >= 4 is 11.6 Å². The van der Waals surface area contributed by atoms with Crippen molar-refractivity contribution in [2.24, 2.45) is 23.5 Å². The Bertz CT molecular complexity index is 592. The summed E-state index contributed by atoms with van der Waals surface area (Å²) in [6, 6.07) is 4.58. The zero-order valence-corrected chi connectivity index (χ0v) is 11.2. The Kier molecular flexibility index (Phi) is 3.45. The summed E-state index contributed by atoms with van der Waals surface area (Å²) < 4.78 is 13.9. The third-order valence-electron chi connectivity index (χ3n) is 4.27. The summed E-state index contributed by atoms with van der Waals surface area (Å²) in [5.74, 6) is 6.11. The average molecular weight is 272 g/mol. The number of rotatable bonds is 2. The Morgan fingerprint density at radius 2 is 2.15 bits per heavy atom. The Balaban J connectivity index is 1.67. The molecule has 2 fully saturated rings. The fourth-order valence-corrected chi connectivity index (χ4v) is 3.27. The van der Waals surface area contributed by atoms with E-state index in [0.29, 0.717) is 17.4 Å². The lowest BCUT2D eigenvalue weighted by atomic mass is 10.1. The topological polar surface area (TPSA) is 55.1 Å². The van der Waals surface area contributed by atoms with Crippen LogP contribution in [0.3, 0.4) is 0 Å². The van der Waals surface area contributed by atoms with Crippen molar-refractivity contribution < 1.29 is 9.18 Å².